The number of rotatable bonds is 3. The number of piperazine rings is 1. The van der Waals surface area contributed by atoms with Gasteiger partial charge < -0.3 is 5.32 Å². The summed E-state index contributed by atoms with van der Waals surface area (Å²) >= 11 is 2.15. The van der Waals surface area contributed by atoms with E-state index in [9.17, 15) is 0 Å². The fourth-order valence-electron chi connectivity index (χ4n) is 4.59. The van der Waals surface area contributed by atoms with Gasteiger partial charge in [0.05, 0.1) is 0 Å². The molecule has 3 heteroatoms. The van der Waals surface area contributed by atoms with Crippen LogP contribution in [-0.2, 0) is 0 Å². The molecule has 0 bridgehead atoms. The van der Waals surface area contributed by atoms with Crippen LogP contribution in [0, 0.1) is 0 Å². The maximum Gasteiger partial charge on any atom is 0.0309 e. The largest absolute Gasteiger partial charge is 0.309 e. The van der Waals surface area contributed by atoms with Gasteiger partial charge in [-0.25, -0.2) is 0 Å². The van der Waals surface area contributed by atoms with E-state index < -0.39 is 0 Å². The third kappa shape index (κ3) is 3.14. The second-order valence-corrected chi connectivity index (χ2v) is 8.35. The molecule has 2 saturated carbocycles. The SMILES string of the molecule is CSC1(CN2CCNC3(CCCCC3)C2)CCCC1. The topological polar surface area (TPSA) is 15.3 Å². The highest BCUT2D eigenvalue weighted by molar-refractivity contribution is 8.00. The zero-order chi connectivity index (χ0) is 13.2. The van der Waals surface area contributed by atoms with Gasteiger partial charge >= 0.3 is 0 Å². The van der Waals surface area contributed by atoms with Crippen molar-refractivity contribution in [3.8, 4) is 0 Å². The van der Waals surface area contributed by atoms with Crippen LogP contribution in [0.3, 0.4) is 0 Å². The van der Waals surface area contributed by atoms with Crippen LogP contribution in [0.15, 0.2) is 0 Å². The summed E-state index contributed by atoms with van der Waals surface area (Å²) in [5.41, 5.74) is 0.481. The quantitative estimate of drug-likeness (QED) is 0.855. The standard InChI is InChI=1S/C16H30N2S/c1-19-16(9-5-6-10-16)14-18-12-11-17-15(13-18)7-3-2-4-8-15/h17H,2-14H2,1H3. The maximum atomic E-state index is 3.87. The minimum atomic E-state index is 0.481. The van der Waals surface area contributed by atoms with Crippen molar-refractivity contribution >= 4 is 11.8 Å². The molecule has 3 aliphatic rings. The summed E-state index contributed by atoms with van der Waals surface area (Å²) in [4.78, 5) is 2.80. The average Bonchev–Trinajstić information content (AvgIpc) is 2.89. The van der Waals surface area contributed by atoms with E-state index in [4.69, 9.17) is 0 Å². The third-order valence-electron chi connectivity index (χ3n) is 5.72. The van der Waals surface area contributed by atoms with Gasteiger partial charge in [0, 0.05) is 36.5 Å². The summed E-state index contributed by atoms with van der Waals surface area (Å²) in [7, 11) is 0. The van der Waals surface area contributed by atoms with Crippen LogP contribution in [-0.4, -0.2) is 47.6 Å². The fraction of sp³-hybridized carbons (Fsp3) is 1.00. The maximum absolute atomic E-state index is 3.87. The van der Waals surface area contributed by atoms with E-state index in [1.165, 1.54) is 84.0 Å². The summed E-state index contributed by atoms with van der Waals surface area (Å²) in [6.07, 6.45) is 15.3. The van der Waals surface area contributed by atoms with Gasteiger partial charge in [0.2, 0.25) is 0 Å². The molecule has 3 fully saturated rings. The van der Waals surface area contributed by atoms with E-state index in [0.717, 1.165) is 0 Å². The summed E-state index contributed by atoms with van der Waals surface area (Å²) < 4.78 is 0.590. The van der Waals surface area contributed by atoms with Crippen molar-refractivity contribution in [2.24, 2.45) is 0 Å². The lowest BCUT2D eigenvalue weighted by Gasteiger charge is -2.48. The van der Waals surface area contributed by atoms with E-state index in [-0.39, 0.29) is 0 Å². The summed E-state index contributed by atoms with van der Waals surface area (Å²) in [5, 5.41) is 3.87. The predicted molar refractivity (Wildman–Crippen MR) is 85.0 cm³/mol. The smallest absolute Gasteiger partial charge is 0.0309 e. The van der Waals surface area contributed by atoms with Gasteiger partial charge in [-0.1, -0.05) is 32.1 Å². The summed E-state index contributed by atoms with van der Waals surface area (Å²) in [5.74, 6) is 0. The average molecular weight is 282 g/mol. The Morgan fingerprint density at radius 3 is 2.37 bits per heavy atom. The van der Waals surface area contributed by atoms with Gasteiger partial charge in [0.1, 0.15) is 0 Å². The van der Waals surface area contributed by atoms with Crippen LogP contribution in [0.4, 0.5) is 0 Å². The van der Waals surface area contributed by atoms with Crippen molar-refractivity contribution in [2.45, 2.75) is 68.1 Å². The van der Waals surface area contributed by atoms with Gasteiger partial charge in [-0.15, -0.1) is 0 Å². The van der Waals surface area contributed by atoms with Crippen LogP contribution in [0.5, 0.6) is 0 Å². The Morgan fingerprint density at radius 1 is 1.00 bits per heavy atom. The first-order chi connectivity index (χ1) is 9.26. The number of hydrogen-bond donors (Lipinski definition) is 1. The molecule has 2 aliphatic carbocycles. The molecule has 110 valence electrons. The van der Waals surface area contributed by atoms with Crippen molar-refractivity contribution in [3.63, 3.8) is 0 Å². The second kappa shape index (κ2) is 5.95. The Bertz CT molecular complexity index is 288. The molecule has 0 aromatic rings. The molecule has 3 rings (SSSR count). The molecule has 0 aromatic carbocycles. The first-order valence-electron chi connectivity index (χ1n) is 8.29. The van der Waals surface area contributed by atoms with Gasteiger partial charge in [0.15, 0.2) is 0 Å². The molecule has 19 heavy (non-hydrogen) atoms. The normalized spacial score (nSPS) is 30.8. The highest BCUT2D eigenvalue weighted by Gasteiger charge is 2.40. The van der Waals surface area contributed by atoms with Gasteiger partial charge in [0.25, 0.3) is 0 Å². The Balaban J connectivity index is 1.61. The van der Waals surface area contributed by atoms with Crippen LogP contribution in [0.1, 0.15) is 57.8 Å². The Kier molecular flexibility index (Phi) is 4.45. The Morgan fingerprint density at radius 2 is 1.68 bits per heavy atom. The second-order valence-electron chi connectivity index (χ2n) is 7.07. The van der Waals surface area contributed by atoms with E-state index in [1.807, 2.05) is 0 Å². The highest BCUT2D eigenvalue weighted by atomic mass is 32.2. The summed E-state index contributed by atoms with van der Waals surface area (Å²) in [6.45, 7) is 5.14. The number of thioether (sulfide) groups is 1. The van der Waals surface area contributed by atoms with E-state index in [2.05, 4.69) is 28.2 Å². The zero-order valence-electron chi connectivity index (χ0n) is 12.5. The van der Waals surface area contributed by atoms with Crippen LogP contribution >= 0.6 is 11.8 Å². The molecule has 1 spiro atoms. The molecule has 0 radical (unpaired) electrons. The molecule has 0 atom stereocenters. The molecular weight excluding hydrogens is 252 g/mol. The van der Waals surface area contributed by atoms with Gasteiger partial charge in [-0.3, -0.25) is 4.90 Å². The molecule has 0 unspecified atom stereocenters. The van der Waals surface area contributed by atoms with Gasteiger partial charge in [-0.05, 0) is 31.9 Å². The molecule has 1 heterocycles. The lowest BCUT2D eigenvalue weighted by Crippen LogP contribution is -2.62. The molecular formula is C16H30N2S. The van der Waals surface area contributed by atoms with Crippen LogP contribution in [0.2, 0.25) is 0 Å². The highest BCUT2D eigenvalue weighted by Crippen LogP contribution is 2.41. The van der Waals surface area contributed by atoms with Crippen molar-refractivity contribution in [2.75, 3.05) is 32.4 Å². The van der Waals surface area contributed by atoms with E-state index >= 15 is 0 Å². The van der Waals surface area contributed by atoms with Crippen molar-refractivity contribution in [1.82, 2.24) is 10.2 Å². The molecule has 1 N–H and O–H groups in total. The molecule has 0 aromatic heterocycles. The van der Waals surface area contributed by atoms with Crippen LogP contribution in [0.25, 0.3) is 0 Å². The Labute approximate surface area is 123 Å². The number of hydrogen-bond acceptors (Lipinski definition) is 3. The van der Waals surface area contributed by atoms with Crippen molar-refractivity contribution < 1.29 is 0 Å². The molecule has 1 aliphatic heterocycles. The minimum absolute atomic E-state index is 0.481. The van der Waals surface area contributed by atoms with Crippen molar-refractivity contribution in [1.29, 1.82) is 0 Å². The predicted octanol–water partition coefficient (Wildman–Crippen LogP) is 3.27. The molecule has 1 saturated heterocycles. The van der Waals surface area contributed by atoms with E-state index in [1.54, 1.807) is 0 Å². The first-order valence-corrected chi connectivity index (χ1v) is 9.51. The monoisotopic (exact) mass is 282 g/mol. The van der Waals surface area contributed by atoms with Gasteiger partial charge in [-0.2, -0.15) is 11.8 Å². The lowest BCUT2D eigenvalue weighted by molar-refractivity contribution is 0.0922. The van der Waals surface area contributed by atoms with Crippen molar-refractivity contribution in [3.05, 3.63) is 0 Å². The van der Waals surface area contributed by atoms with Crippen LogP contribution < -0.4 is 5.32 Å². The molecule has 0 amide bonds. The van der Waals surface area contributed by atoms with E-state index in [0.29, 0.717) is 10.3 Å². The zero-order valence-corrected chi connectivity index (χ0v) is 13.4. The number of nitrogens with zero attached hydrogens (tertiary/aromatic N) is 1. The fourth-order valence-corrected chi connectivity index (χ4v) is 5.60. The third-order valence-corrected chi connectivity index (χ3v) is 7.13. The first kappa shape index (κ1) is 14.2. The Hall–Kier alpha value is 0.270. The number of nitrogens with one attached hydrogen (secondary N) is 1. The minimum Gasteiger partial charge on any atom is -0.309 e. The molecule has 2 nitrogen and oxygen atoms in total. The lowest BCUT2D eigenvalue weighted by atomic mass is 9.80. The summed E-state index contributed by atoms with van der Waals surface area (Å²) in [6, 6.07) is 0.